The van der Waals surface area contributed by atoms with E-state index >= 15 is 0 Å². The normalized spacial score (nSPS) is 21.9. The van der Waals surface area contributed by atoms with Crippen LogP contribution in [0.25, 0.3) is 0 Å². The average molecular weight is 463 g/mol. The molecule has 2 N–H and O–H groups in total. The number of hydrogen-bond donors (Lipinski definition) is 2. The van der Waals surface area contributed by atoms with Gasteiger partial charge in [-0.1, -0.05) is 6.92 Å². The maximum absolute atomic E-state index is 13.2. The molecule has 1 aromatic heterocycles. The minimum absolute atomic E-state index is 0.0321. The monoisotopic (exact) mass is 462 g/mol. The van der Waals surface area contributed by atoms with Crippen molar-refractivity contribution in [1.82, 2.24) is 5.32 Å². The number of hydrogen-bond acceptors (Lipinski definition) is 6. The van der Waals surface area contributed by atoms with Gasteiger partial charge in [0.25, 0.3) is 11.8 Å². The predicted molar refractivity (Wildman–Crippen MR) is 121 cm³/mol. The van der Waals surface area contributed by atoms with Gasteiger partial charge in [-0.25, -0.2) is 8.42 Å². The molecule has 4 rings (SSSR count). The number of benzene rings is 1. The van der Waals surface area contributed by atoms with Gasteiger partial charge in [0.2, 0.25) is 0 Å². The molecule has 0 bridgehead atoms. The van der Waals surface area contributed by atoms with E-state index in [0.717, 1.165) is 29.7 Å². The first kappa shape index (κ1) is 21.8. The Bertz CT molecular complexity index is 1110. The second-order valence-electron chi connectivity index (χ2n) is 8.31. The summed E-state index contributed by atoms with van der Waals surface area (Å²) < 4.78 is 28.7. The molecular formula is C22H26N2O5S2. The summed E-state index contributed by atoms with van der Waals surface area (Å²) >= 11 is 1.45. The average Bonchev–Trinajstić information content (AvgIpc) is 3.26. The Kier molecular flexibility index (Phi) is 6.07. The van der Waals surface area contributed by atoms with Crippen molar-refractivity contribution < 1.29 is 22.7 Å². The summed E-state index contributed by atoms with van der Waals surface area (Å²) in [5, 5.41) is 6.33. The zero-order chi connectivity index (χ0) is 22.2. The number of sulfone groups is 1. The molecule has 9 heteroatoms. The number of carbonyl (C=O) groups is 2. The molecule has 0 saturated carbocycles. The lowest BCUT2D eigenvalue weighted by atomic mass is 9.88. The Balaban J connectivity index is 1.60. The number of ether oxygens (including phenoxy) is 1. The fourth-order valence-corrected chi connectivity index (χ4v) is 7.24. The zero-order valence-electron chi connectivity index (χ0n) is 17.6. The molecule has 1 aromatic carbocycles. The van der Waals surface area contributed by atoms with E-state index in [4.69, 9.17) is 4.74 Å². The van der Waals surface area contributed by atoms with Crippen molar-refractivity contribution >= 4 is 38.0 Å². The third-order valence-electron chi connectivity index (χ3n) is 5.89. The minimum Gasteiger partial charge on any atom is -0.497 e. The van der Waals surface area contributed by atoms with Crippen LogP contribution in [0.2, 0.25) is 0 Å². The lowest BCUT2D eigenvalue weighted by Gasteiger charge is -2.19. The number of fused-ring (bicyclic) bond motifs is 1. The third-order valence-corrected chi connectivity index (χ3v) is 8.82. The Morgan fingerprint density at radius 3 is 2.52 bits per heavy atom. The van der Waals surface area contributed by atoms with E-state index in [1.807, 2.05) is 0 Å². The Morgan fingerprint density at radius 1 is 1.13 bits per heavy atom. The Hall–Kier alpha value is -2.39. The number of nitrogens with one attached hydrogen (secondary N) is 2. The number of rotatable bonds is 5. The maximum atomic E-state index is 13.2. The summed E-state index contributed by atoms with van der Waals surface area (Å²) in [7, 11) is -1.54. The quantitative estimate of drug-likeness (QED) is 0.711. The Morgan fingerprint density at radius 2 is 1.87 bits per heavy atom. The maximum Gasteiger partial charge on any atom is 0.256 e. The van der Waals surface area contributed by atoms with Crippen LogP contribution in [0.1, 0.15) is 50.9 Å². The van der Waals surface area contributed by atoms with Crippen LogP contribution in [0.15, 0.2) is 24.3 Å². The van der Waals surface area contributed by atoms with Crippen molar-refractivity contribution in [3.8, 4) is 5.75 Å². The second kappa shape index (κ2) is 8.63. The highest BCUT2D eigenvalue weighted by molar-refractivity contribution is 7.91. The highest BCUT2D eigenvalue weighted by atomic mass is 32.2. The fraction of sp³-hybridized carbons (Fsp3) is 0.455. The number of thiophene rings is 1. The molecule has 2 heterocycles. The molecule has 1 aliphatic heterocycles. The third kappa shape index (κ3) is 4.77. The molecule has 166 valence electrons. The van der Waals surface area contributed by atoms with E-state index in [1.165, 1.54) is 11.3 Å². The molecule has 2 aliphatic rings. The lowest BCUT2D eigenvalue weighted by molar-refractivity contribution is 0.0941. The summed E-state index contributed by atoms with van der Waals surface area (Å²) in [6.07, 6.45) is 3.05. The lowest BCUT2D eigenvalue weighted by Crippen LogP contribution is -2.36. The van der Waals surface area contributed by atoms with Crippen LogP contribution in [0.5, 0.6) is 5.75 Å². The Labute approximate surface area is 186 Å². The van der Waals surface area contributed by atoms with Crippen LogP contribution >= 0.6 is 11.3 Å². The molecule has 1 fully saturated rings. The topological polar surface area (TPSA) is 102 Å². The van der Waals surface area contributed by atoms with E-state index in [-0.39, 0.29) is 29.4 Å². The molecule has 31 heavy (non-hydrogen) atoms. The minimum atomic E-state index is -3.10. The number of carbonyl (C=O) groups excluding carboxylic acids is 2. The fourth-order valence-electron chi connectivity index (χ4n) is 4.16. The number of methoxy groups -OCH3 is 1. The van der Waals surface area contributed by atoms with E-state index in [1.54, 1.807) is 31.4 Å². The van der Waals surface area contributed by atoms with Crippen LogP contribution in [0, 0.1) is 5.92 Å². The van der Waals surface area contributed by atoms with Crippen molar-refractivity contribution in [2.24, 2.45) is 5.92 Å². The molecule has 0 radical (unpaired) electrons. The molecule has 0 spiro atoms. The first-order chi connectivity index (χ1) is 14.8. The second-order valence-corrected chi connectivity index (χ2v) is 11.6. The van der Waals surface area contributed by atoms with E-state index in [2.05, 4.69) is 17.6 Å². The molecular weight excluding hydrogens is 436 g/mol. The molecule has 1 saturated heterocycles. The number of amides is 2. The van der Waals surface area contributed by atoms with Gasteiger partial charge in [0.1, 0.15) is 10.8 Å². The first-order valence-corrected chi connectivity index (χ1v) is 13.0. The van der Waals surface area contributed by atoms with Crippen molar-refractivity contribution in [3.05, 3.63) is 45.8 Å². The highest BCUT2D eigenvalue weighted by Crippen LogP contribution is 2.40. The molecule has 2 aromatic rings. The van der Waals surface area contributed by atoms with Crippen molar-refractivity contribution in [2.45, 2.75) is 38.6 Å². The van der Waals surface area contributed by atoms with Crippen LogP contribution < -0.4 is 15.4 Å². The van der Waals surface area contributed by atoms with Gasteiger partial charge < -0.3 is 15.4 Å². The van der Waals surface area contributed by atoms with Gasteiger partial charge in [-0.15, -0.1) is 11.3 Å². The summed E-state index contributed by atoms with van der Waals surface area (Å²) in [5.74, 6) is 0.635. The van der Waals surface area contributed by atoms with Gasteiger partial charge in [-0.3, -0.25) is 9.59 Å². The number of anilines is 1. The SMILES string of the molecule is COc1ccc(C(=O)Nc2sc3c(c2C(=O)N[C@@H]2CCS(=O)(=O)C2)CC[C@H](C)C3)cc1. The molecule has 1 aliphatic carbocycles. The summed E-state index contributed by atoms with van der Waals surface area (Å²) in [5.41, 5.74) is 1.93. The molecule has 0 unspecified atom stereocenters. The largest absolute Gasteiger partial charge is 0.497 e. The standard InChI is InChI=1S/C22H26N2O5S2/c1-13-3-8-17-18(11-13)30-22(24-20(25)14-4-6-16(29-2)7-5-14)19(17)21(26)23-15-9-10-31(27,28)12-15/h4-7,13,15H,3,8-12H2,1-2H3,(H,23,26)(H,24,25)/t13-,15+/m0/s1. The summed E-state index contributed by atoms with van der Waals surface area (Å²) in [4.78, 5) is 27.1. The predicted octanol–water partition coefficient (Wildman–Crippen LogP) is 3.05. The van der Waals surface area contributed by atoms with Gasteiger partial charge in [0, 0.05) is 16.5 Å². The van der Waals surface area contributed by atoms with Crippen molar-refractivity contribution in [1.29, 1.82) is 0 Å². The summed E-state index contributed by atoms with van der Waals surface area (Å²) in [6, 6.07) is 6.38. The molecule has 2 amide bonds. The van der Waals surface area contributed by atoms with Gasteiger partial charge in [-0.2, -0.15) is 0 Å². The van der Waals surface area contributed by atoms with Gasteiger partial charge in [0.15, 0.2) is 9.84 Å². The van der Waals surface area contributed by atoms with Gasteiger partial charge >= 0.3 is 0 Å². The highest BCUT2D eigenvalue weighted by Gasteiger charge is 2.33. The van der Waals surface area contributed by atoms with Crippen LogP contribution in [0.4, 0.5) is 5.00 Å². The molecule has 2 atom stereocenters. The summed E-state index contributed by atoms with van der Waals surface area (Å²) in [6.45, 7) is 2.18. The van der Waals surface area contributed by atoms with Crippen LogP contribution in [0.3, 0.4) is 0 Å². The van der Waals surface area contributed by atoms with E-state index in [0.29, 0.717) is 34.2 Å². The van der Waals surface area contributed by atoms with Crippen molar-refractivity contribution in [2.75, 3.05) is 23.9 Å². The van der Waals surface area contributed by atoms with Crippen LogP contribution in [-0.2, 0) is 22.7 Å². The van der Waals surface area contributed by atoms with E-state index < -0.39 is 9.84 Å². The zero-order valence-corrected chi connectivity index (χ0v) is 19.2. The van der Waals surface area contributed by atoms with Gasteiger partial charge in [0.05, 0.1) is 24.2 Å². The molecule has 7 nitrogen and oxygen atoms in total. The van der Waals surface area contributed by atoms with Gasteiger partial charge in [-0.05, 0) is 61.4 Å². The van der Waals surface area contributed by atoms with E-state index in [9.17, 15) is 18.0 Å². The van der Waals surface area contributed by atoms with Crippen molar-refractivity contribution in [3.63, 3.8) is 0 Å². The smallest absolute Gasteiger partial charge is 0.256 e. The first-order valence-electron chi connectivity index (χ1n) is 10.4. The van der Waals surface area contributed by atoms with Crippen LogP contribution in [-0.4, -0.2) is 44.9 Å².